The first-order valence-electron chi connectivity index (χ1n) is 4.87. The van der Waals surface area contributed by atoms with E-state index in [1.54, 1.807) is 6.07 Å². The first-order valence-corrected chi connectivity index (χ1v) is 5.66. The molecule has 0 radical (unpaired) electrons. The van der Waals surface area contributed by atoms with Gasteiger partial charge in [0, 0.05) is 17.4 Å². The second kappa shape index (κ2) is 3.23. The Hall–Kier alpha value is -1.03. The second-order valence-electron chi connectivity index (χ2n) is 3.81. The zero-order chi connectivity index (χ0) is 10.4. The van der Waals surface area contributed by atoms with Gasteiger partial charge >= 0.3 is 0 Å². The Morgan fingerprint density at radius 3 is 2.80 bits per heavy atom. The van der Waals surface area contributed by atoms with E-state index in [1.165, 1.54) is 12.1 Å². The minimum Gasteiger partial charge on any atom is -0.232 e. The zero-order valence-corrected chi connectivity index (χ0v) is 9.46. The SMILES string of the molecule is Fc1ccc2c(Br)nc(C3CC3)nc2c1. The van der Waals surface area contributed by atoms with Crippen molar-refractivity contribution in [2.45, 2.75) is 18.8 Å². The summed E-state index contributed by atoms with van der Waals surface area (Å²) in [5.74, 6) is 1.06. The maximum absolute atomic E-state index is 13.0. The van der Waals surface area contributed by atoms with Gasteiger partial charge in [-0.05, 0) is 40.9 Å². The molecule has 0 bridgehead atoms. The fraction of sp³-hybridized carbons (Fsp3) is 0.273. The summed E-state index contributed by atoms with van der Waals surface area (Å²) >= 11 is 3.39. The number of benzene rings is 1. The van der Waals surface area contributed by atoms with Gasteiger partial charge in [0.05, 0.1) is 5.52 Å². The standard InChI is InChI=1S/C11H8BrFN2/c12-10-8-4-3-7(13)5-9(8)14-11(15-10)6-1-2-6/h3-6H,1-2H2. The van der Waals surface area contributed by atoms with Crippen LogP contribution in [0, 0.1) is 5.82 Å². The van der Waals surface area contributed by atoms with Crippen molar-refractivity contribution < 1.29 is 4.39 Å². The molecule has 4 heteroatoms. The van der Waals surface area contributed by atoms with Gasteiger partial charge in [-0.25, -0.2) is 14.4 Å². The smallest absolute Gasteiger partial charge is 0.133 e. The van der Waals surface area contributed by atoms with Crippen LogP contribution in [0.3, 0.4) is 0 Å². The van der Waals surface area contributed by atoms with E-state index in [-0.39, 0.29) is 5.82 Å². The van der Waals surface area contributed by atoms with E-state index in [2.05, 4.69) is 25.9 Å². The predicted molar refractivity (Wildman–Crippen MR) is 59.2 cm³/mol. The lowest BCUT2D eigenvalue weighted by atomic mass is 10.2. The van der Waals surface area contributed by atoms with Crippen LogP contribution in [0.2, 0.25) is 0 Å². The summed E-state index contributed by atoms with van der Waals surface area (Å²) in [6, 6.07) is 4.58. The molecule has 2 aromatic rings. The van der Waals surface area contributed by atoms with Crippen molar-refractivity contribution in [2.75, 3.05) is 0 Å². The third-order valence-corrected chi connectivity index (χ3v) is 3.18. The summed E-state index contributed by atoms with van der Waals surface area (Å²) in [6.45, 7) is 0. The number of rotatable bonds is 1. The molecular formula is C11H8BrFN2. The summed E-state index contributed by atoms with van der Waals surface area (Å²) in [5.41, 5.74) is 0.679. The quantitative estimate of drug-likeness (QED) is 0.740. The topological polar surface area (TPSA) is 25.8 Å². The Balaban J connectivity index is 2.27. The highest BCUT2D eigenvalue weighted by atomic mass is 79.9. The molecule has 15 heavy (non-hydrogen) atoms. The highest BCUT2D eigenvalue weighted by Crippen LogP contribution is 2.39. The molecule has 1 aromatic carbocycles. The minimum atomic E-state index is -0.255. The molecule has 0 saturated heterocycles. The number of hydrogen-bond donors (Lipinski definition) is 0. The van der Waals surface area contributed by atoms with Gasteiger partial charge in [0.2, 0.25) is 0 Å². The van der Waals surface area contributed by atoms with Gasteiger partial charge in [-0.15, -0.1) is 0 Å². The minimum absolute atomic E-state index is 0.255. The molecule has 1 fully saturated rings. The van der Waals surface area contributed by atoms with Crippen LogP contribution in [0.5, 0.6) is 0 Å². The number of hydrogen-bond acceptors (Lipinski definition) is 2. The Labute approximate surface area is 94.7 Å². The summed E-state index contributed by atoms with van der Waals surface area (Å²) in [4.78, 5) is 8.75. The van der Waals surface area contributed by atoms with Crippen LogP contribution in [0.4, 0.5) is 4.39 Å². The van der Waals surface area contributed by atoms with E-state index in [0.29, 0.717) is 11.4 Å². The molecule has 3 rings (SSSR count). The third kappa shape index (κ3) is 1.63. The molecule has 1 saturated carbocycles. The molecule has 76 valence electrons. The molecule has 0 N–H and O–H groups in total. The lowest BCUT2D eigenvalue weighted by Gasteiger charge is -2.03. The molecular weight excluding hydrogens is 259 g/mol. The van der Waals surface area contributed by atoms with Crippen molar-refractivity contribution >= 4 is 26.8 Å². The van der Waals surface area contributed by atoms with E-state index in [1.807, 2.05) is 0 Å². The lowest BCUT2D eigenvalue weighted by Crippen LogP contribution is -1.94. The maximum atomic E-state index is 13.0. The van der Waals surface area contributed by atoms with Crippen LogP contribution in [0.25, 0.3) is 10.9 Å². The summed E-state index contributed by atoms with van der Waals surface area (Å²) < 4.78 is 13.8. The van der Waals surface area contributed by atoms with E-state index in [0.717, 1.165) is 28.7 Å². The molecule has 1 heterocycles. The van der Waals surface area contributed by atoms with Gasteiger partial charge in [-0.3, -0.25) is 0 Å². The summed E-state index contributed by atoms with van der Waals surface area (Å²) in [5, 5.41) is 0.862. The lowest BCUT2D eigenvalue weighted by molar-refractivity contribution is 0.629. The molecule has 0 atom stereocenters. The first kappa shape index (κ1) is 9.21. The van der Waals surface area contributed by atoms with Gasteiger partial charge in [0.25, 0.3) is 0 Å². The number of aromatic nitrogens is 2. The van der Waals surface area contributed by atoms with E-state index in [4.69, 9.17) is 0 Å². The fourth-order valence-corrected chi connectivity index (χ4v) is 2.12. The first-order chi connectivity index (χ1) is 7.24. The molecule has 0 spiro atoms. The fourth-order valence-electron chi connectivity index (χ4n) is 1.61. The van der Waals surface area contributed by atoms with Gasteiger partial charge in [-0.2, -0.15) is 0 Å². The third-order valence-electron chi connectivity index (χ3n) is 2.57. The van der Waals surface area contributed by atoms with Crippen molar-refractivity contribution in [3.63, 3.8) is 0 Å². The van der Waals surface area contributed by atoms with Crippen LogP contribution in [-0.2, 0) is 0 Å². The summed E-state index contributed by atoms with van der Waals surface area (Å²) in [6.07, 6.45) is 2.29. The summed E-state index contributed by atoms with van der Waals surface area (Å²) in [7, 11) is 0. The van der Waals surface area contributed by atoms with Crippen LogP contribution in [-0.4, -0.2) is 9.97 Å². The largest absolute Gasteiger partial charge is 0.232 e. The van der Waals surface area contributed by atoms with Crippen LogP contribution < -0.4 is 0 Å². The molecule has 0 amide bonds. The highest BCUT2D eigenvalue weighted by molar-refractivity contribution is 9.10. The molecule has 1 aliphatic rings. The molecule has 2 nitrogen and oxygen atoms in total. The van der Waals surface area contributed by atoms with E-state index >= 15 is 0 Å². The number of fused-ring (bicyclic) bond motifs is 1. The van der Waals surface area contributed by atoms with Crippen molar-refractivity contribution in [2.24, 2.45) is 0 Å². The van der Waals surface area contributed by atoms with Gasteiger partial charge in [-0.1, -0.05) is 0 Å². The zero-order valence-electron chi connectivity index (χ0n) is 7.87. The number of nitrogens with zero attached hydrogens (tertiary/aromatic N) is 2. The van der Waals surface area contributed by atoms with E-state index in [9.17, 15) is 4.39 Å². The maximum Gasteiger partial charge on any atom is 0.133 e. The Bertz CT molecular complexity index is 537. The average molecular weight is 267 g/mol. The van der Waals surface area contributed by atoms with E-state index < -0.39 is 0 Å². The Morgan fingerprint density at radius 2 is 2.07 bits per heavy atom. The number of halogens is 2. The van der Waals surface area contributed by atoms with Gasteiger partial charge < -0.3 is 0 Å². The van der Waals surface area contributed by atoms with Crippen molar-refractivity contribution in [1.82, 2.24) is 9.97 Å². The average Bonchev–Trinajstić information content (AvgIpc) is 2.99. The van der Waals surface area contributed by atoms with Crippen LogP contribution in [0.15, 0.2) is 22.8 Å². The van der Waals surface area contributed by atoms with Gasteiger partial charge in [0.15, 0.2) is 0 Å². The predicted octanol–water partition coefficient (Wildman–Crippen LogP) is 3.41. The highest BCUT2D eigenvalue weighted by Gasteiger charge is 2.27. The van der Waals surface area contributed by atoms with Crippen LogP contribution >= 0.6 is 15.9 Å². The monoisotopic (exact) mass is 266 g/mol. The van der Waals surface area contributed by atoms with Gasteiger partial charge in [0.1, 0.15) is 16.2 Å². The molecule has 0 aliphatic heterocycles. The van der Waals surface area contributed by atoms with Crippen molar-refractivity contribution in [3.05, 3.63) is 34.4 Å². The van der Waals surface area contributed by atoms with Crippen LogP contribution in [0.1, 0.15) is 24.6 Å². The Kier molecular flexibility index (Phi) is 1.99. The second-order valence-corrected chi connectivity index (χ2v) is 4.56. The van der Waals surface area contributed by atoms with Crippen molar-refractivity contribution in [3.8, 4) is 0 Å². The molecule has 1 aromatic heterocycles. The molecule has 0 unspecified atom stereocenters. The normalized spacial score (nSPS) is 15.9. The van der Waals surface area contributed by atoms with Crippen molar-refractivity contribution in [1.29, 1.82) is 0 Å². The Morgan fingerprint density at radius 1 is 1.27 bits per heavy atom. The molecule has 1 aliphatic carbocycles.